The van der Waals surface area contributed by atoms with Crippen LogP contribution >= 0.6 is 0 Å². The van der Waals surface area contributed by atoms with E-state index in [1.807, 2.05) is 47.8 Å². The van der Waals surface area contributed by atoms with Crippen LogP contribution in [0.2, 0.25) is 0 Å². The molecule has 8 heteroatoms. The third-order valence-electron chi connectivity index (χ3n) is 6.01. The third kappa shape index (κ3) is 3.43. The Balaban J connectivity index is 1.77. The minimum atomic E-state index is -0.998. The summed E-state index contributed by atoms with van der Waals surface area (Å²) in [5.74, 6) is -0.607. The predicted octanol–water partition coefficient (Wildman–Crippen LogP) is 3.67. The number of morpholine rings is 1. The van der Waals surface area contributed by atoms with Gasteiger partial charge in [-0.15, -0.1) is 0 Å². The first-order valence-corrected chi connectivity index (χ1v) is 11.0. The number of rotatable bonds is 3. The van der Waals surface area contributed by atoms with Crippen molar-refractivity contribution in [3.63, 3.8) is 0 Å². The molecule has 2 aliphatic heterocycles. The van der Waals surface area contributed by atoms with Crippen LogP contribution in [0.3, 0.4) is 0 Å². The molecule has 0 radical (unpaired) electrons. The lowest BCUT2D eigenvalue weighted by Crippen LogP contribution is -2.51. The summed E-state index contributed by atoms with van der Waals surface area (Å²) in [5.41, 5.74) is 3.95. The van der Waals surface area contributed by atoms with E-state index in [1.54, 1.807) is 13.8 Å². The summed E-state index contributed by atoms with van der Waals surface area (Å²) < 4.78 is 19.2. The maximum atomic E-state index is 12.9. The molecule has 2 fully saturated rings. The molecule has 1 aromatic carbocycles. The summed E-state index contributed by atoms with van der Waals surface area (Å²) in [6.07, 6.45) is -0.872. The summed E-state index contributed by atoms with van der Waals surface area (Å²) in [6, 6.07) is 12.1. The summed E-state index contributed by atoms with van der Waals surface area (Å²) in [5, 5.41) is 4.93. The van der Waals surface area contributed by atoms with Gasteiger partial charge in [-0.05, 0) is 20.8 Å². The molecule has 2 aromatic heterocycles. The highest BCUT2D eigenvalue weighted by Gasteiger charge is 2.46. The van der Waals surface area contributed by atoms with Crippen molar-refractivity contribution < 1.29 is 19.0 Å². The average Bonchev–Trinajstić information content (AvgIpc) is 3.27. The van der Waals surface area contributed by atoms with Crippen molar-refractivity contribution in [2.45, 2.75) is 58.6 Å². The Labute approximate surface area is 187 Å². The second-order valence-corrected chi connectivity index (χ2v) is 9.06. The first-order valence-electron chi connectivity index (χ1n) is 11.0. The maximum absolute atomic E-state index is 12.9. The molecular formula is C24H28N4O4. The number of carbonyl (C=O) groups excluding carboxylic acids is 1. The van der Waals surface area contributed by atoms with Crippen molar-refractivity contribution in [2.24, 2.45) is 0 Å². The first-order chi connectivity index (χ1) is 15.2. The number of benzene rings is 1. The lowest BCUT2D eigenvalue weighted by Gasteiger charge is -2.41. The lowest BCUT2D eigenvalue weighted by molar-refractivity contribution is -0.160. The molecule has 0 amide bonds. The van der Waals surface area contributed by atoms with Gasteiger partial charge < -0.3 is 19.1 Å². The normalized spacial score (nSPS) is 25.3. The number of aromatic nitrogens is 3. The molecule has 0 spiro atoms. The molecule has 4 heterocycles. The van der Waals surface area contributed by atoms with Crippen molar-refractivity contribution in [3.8, 4) is 11.3 Å². The minimum Gasteiger partial charge on any atom is -0.431 e. The molecule has 3 unspecified atom stereocenters. The van der Waals surface area contributed by atoms with E-state index in [1.165, 1.54) is 0 Å². The van der Waals surface area contributed by atoms with Gasteiger partial charge in [0.1, 0.15) is 5.82 Å². The zero-order valence-corrected chi connectivity index (χ0v) is 19.0. The van der Waals surface area contributed by atoms with Crippen molar-refractivity contribution in [3.05, 3.63) is 47.7 Å². The van der Waals surface area contributed by atoms with Gasteiger partial charge in [0, 0.05) is 31.2 Å². The molecule has 2 aliphatic rings. The fraction of sp³-hybridized carbons (Fsp3) is 0.458. The Morgan fingerprint density at radius 2 is 1.78 bits per heavy atom. The number of ether oxygens (including phenoxy) is 3. The van der Waals surface area contributed by atoms with Crippen LogP contribution in [-0.4, -0.2) is 51.7 Å². The van der Waals surface area contributed by atoms with Crippen molar-refractivity contribution >= 4 is 17.4 Å². The number of cyclic esters (lactones) is 1. The number of nitrogens with zero attached hydrogens (tertiary/aromatic N) is 4. The maximum Gasteiger partial charge on any atom is 0.342 e. The Morgan fingerprint density at radius 1 is 1.09 bits per heavy atom. The van der Waals surface area contributed by atoms with E-state index in [0.29, 0.717) is 18.8 Å². The van der Waals surface area contributed by atoms with Crippen LogP contribution in [0.15, 0.2) is 36.4 Å². The van der Waals surface area contributed by atoms with E-state index >= 15 is 0 Å². The van der Waals surface area contributed by atoms with Gasteiger partial charge in [-0.3, -0.25) is 0 Å². The van der Waals surface area contributed by atoms with Crippen molar-refractivity contribution in [1.29, 1.82) is 0 Å². The molecule has 0 bridgehead atoms. The Kier molecular flexibility index (Phi) is 4.94. The predicted molar refractivity (Wildman–Crippen MR) is 119 cm³/mol. The van der Waals surface area contributed by atoms with E-state index in [-0.39, 0.29) is 12.1 Å². The standard InChI is InChI=1S/C24H28N4O4/c1-14-12-30-13-15(2)27(14)22-20(21-23(29)32-24(4,5)31-21)16(3)25-19-11-18(26-28(19)22)17-9-7-6-8-10-17/h6-11,14-15,21H,12-13H2,1-5H3. The highest BCUT2D eigenvalue weighted by atomic mass is 16.8. The zero-order chi connectivity index (χ0) is 22.6. The van der Waals surface area contributed by atoms with Gasteiger partial charge in [-0.25, -0.2) is 9.78 Å². The Bertz CT molecular complexity index is 1160. The van der Waals surface area contributed by atoms with Gasteiger partial charge in [-0.1, -0.05) is 30.3 Å². The number of hydrogen-bond acceptors (Lipinski definition) is 7. The monoisotopic (exact) mass is 436 g/mol. The van der Waals surface area contributed by atoms with Crippen LogP contribution in [-0.2, 0) is 19.0 Å². The lowest BCUT2D eigenvalue weighted by atomic mass is 10.0. The van der Waals surface area contributed by atoms with Crippen LogP contribution in [0.25, 0.3) is 16.9 Å². The topological polar surface area (TPSA) is 78.2 Å². The Hall–Kier alpha value is -2.97. The number of esters is 1. The minimum absolute atomic E-state index is 0.0808. The van der Waals surface area contributed by atoms with E-state index in [0.717, 1.165) is 28.4 Å². The molecule has 32 heavy (non-hydrogen) atoms. The molecule has 0 N–H and O–H groups in total. The van der Waals surface area contributed by atoms with Gasteiger partial charge in [-0.2, -0.15) is 9.61 Å². The number of hydrogen-bond donors (Lipinski definition) is 0. The van der Waals surface area contributed by atoms with Gasteiger partial charge in [0.15, 0.2) is 11.8 Å². The van der Waals surface area contributed by atoms with E-state index in [2.05, 4.69) is 18.7 Å². The largest absolute Gasteiger partial charge is 0.431 e. The number of fused-ring (bicyclic) bond motifs is 1. The van der Waals surface area contributed by atoms with Crippen LogP contribution in [0.5, 0.6) is 0 Å². The average molecular weight is 437 g/mol. The highest BCUT2D eigenvalue weighted by Crippen LogP contribution is 2.41. The number of carbonyl (C=O) groups is 1. The van der Waals surface area contributed by atoms with Crippen LogP contribution in [0.4, 0.5) is 5.82 Å². The molecular weight excluding hydrogens is 408 g/mol. The smallest absolute Gasteiger partial charge is 0.342 e. The molecule has 0 saturated carbocycles. The van der Waals surface area contributed by atoms with E-state index < -0.39 is 17.9 Å². The van der Waals surface area contributed by atoms with Crippen LogP contribution < -0.4 is 4.90 Å². The van der Waals surface area contributed by atoms with Gasteiger partial charge in [0.05, 0.1) is 36.6 Å². The molecule has 8 nitrogen and oxygen atoms in total. The number of aryl methyl sites for hydroxylation is 1. The molecule has 3 aromatic rings. The molecule has 0 aliphatic carbocycles. The molecule has 3 atom stereocenters. The quantitative estimate of drug-likeness (QED) is 0.580. The van der Waals surface area contributed by atoms with Crippen molar-refractivity contribution in [2.75, 3.05) is 18.1 Å². The molecule has 5 rings (SSSR count). The Morgan fingerprint density at radius 3 is 2.41 bits per heavy atom. The summed E-state index contributed by atoms with van der Waals surface area (Å²) in [6.45, 7) is 10.8. The summed E-state index contributed by atoms with van der Waals surface area (Å²) in [4.78, 5) is 19.9. The first kappa shape index (κ1) is 20.9. The zero-order valence-electron chi connectivity index (χ0n) is 19.0. The fourth-order valence-electron chi connectivity index (χ4n) is 4.67. The highest BCUT2D eigenvalue weighted by molar-refractivity contribution is 5.82. The summed E-state index contributed by atoms with van der Waals surface area (Å²) >= 11 is 0. The van der Waals surface area contributed by atoms with Crippen LogP contribution in [0, 0.1) is 6.92 Å². The SMILES string of the molecule is Cc1nc2cc(-c3ccccc3)nn2c(N2C(C)COCC2C)c1C1OC(C)(C)OC1=O. The van der Waals surface area contributed by atoms with Crippen molar-refractivity contribution in [1.82, 2.24) is 14.6 Å². The fourth-order valence-corrected chi connectivity index (χ4v) is 4.67. The number of anilines is 1. The molecule has 2 saturated heterocycles. The van der Waals surface area contributed by atoms with E-state index in [9.17, 15) is 4.79 Å². The summed E-state index contributed by atoms with van der Waals surface area (Å²) in [7, 11) is 0. The van der Waals surface area contributed by atoms with Gasteiger partial charge in [0.2, 0.25) is 5.79 Å². The van der Waals surface area contributed by atoms with Crippen LogP contribution in [0.1, 0.15) is 45.1 Å². The van der Waals surface area contributed by atoms with Gasteiger partial charge in [0.25, 0.3) is 0 Å². The second-order valence-electron chi connectivity index (χ2n) is 9.06. The molecule has 168 valence electrons. The van der Waals surface area contributed by atoms with Gasteiger partial charge >= 0.3 is 5.97 Å². The second kappa shape index (κ2) is 7.56. The van der Waals surface area contributed by atoms with E-state index in [4.69, 9.17) is 24.3 Å². The third-order valence-corrected chi connectivity index (χ3v) is 6.01.